The summed E-state index contributed by atoms with van der Waals surface area (Å²) in [6.45, 7) is 5.83. The van der Waals surface area contributed by atoms with E-state index >= 15 is 0 Å². The molecule has 0 atom stereocenters. The van der Waals surface area contributed by atoms with E-state index in [-0.39, 0.29) is 25.4 Å². The smallest absolute Gasteiger partial charge is 0.228 e. The van der Waals surface area contributed by atoms with Crippen molar-refractivity contribution in [2.24, 2.45) is 0 Å². The SMILES string of the molecule is Cc1cc(C)c2c(CC(=O)N(CC#N)CC#N)coc2c1C. The molecule has 5 nitrogen and oxygen atoms in total. The number of hydrogen-bond donors (Lipinski definition) is 0. The standard InChI is InChI=1S/C17H17N3O2/c1-11-8-12(2)16-14(10-22-17(16)13(11)3)9-15(21)20(6-4-18)7-5-19/h8,10H,6-7,9H2,1-3H3. The lowest BCUT2D eigenvalue weighted by molar-refractivity contribution is -0.129. The molecule has 0 unspecified atom stereocenters. The number of amides is 1. The summed E-state index contributed by atoms with van der Waals surface area (Å²) in [5, 5.41) is 18.4. The first kappa shape index (κ1) is 15.6. The predicted molar refractivity (Wildman–Crippen MR) is 81.9 cm³/mol. The number of fused-ring (bicyclic) bond motifs is 1. The number of nitriles is 2. The lowest BCUT2D eigenvalue weighted by Crippen LogP contribution is -2.33. The molecule has 2 aromatic rings. The lowest BCUT2D eigenvalue weighted by atomic mass is 9.99. The molecular weight excluding hydrogens is 278 g/mol. The van der Waals surface area contributed by atoms with E-state index in [1.165, 1.54) is 4.90 Å². The second-order valence-electron chi connectivity index (χ2n) is 5.34. The van der Waals surface area contributed by atoms with E-state index < -0.39 is 0 Å². The first-order chi connectivity index (χ1) is 10.5. The van der Waals surface area contributed by atoms with E-state index in [9.17, 15) is 4.79 Å². The number of aryl methyl sites for hydroxylation is 3. The second-order valence-corrected chi connectivity index (χ2v) is 5.34. The van der Waals surface area contributed by atoms with E-state index in [1.807, 2.05) is 32.9 Å². The quantitative estimate of drug-likeness (QED) is 0.812. The van der Waals surface area contributed by atoms with Crippen molar-refractivity contribution in [3.63, 3.8) is 0 Å². The average Bonchev–Trinajstić information content (AvgIpc) is 2.89. The summed E-state index contributed by atoms with van der Waals surface area (Å²) in [4.78, 5) is 13.5. The van der Waals surface area contributed by atoms with Gasteiger partial charge in [-0.15, -0.1) is 0 Å². The molecule has 0 aliphatic carbocycles. The van der Waals surface area contributed by atoms with Gasteiger partial charge in [0.25, 0.3) is 0 Å². The maximum absolute atomic E-state index is 12.3. The van der Waals surface area contributed by atoms with Crippen molar-refractivity contribution in [1.82, 2.24) is 4.90 Å². The van der Waals surface area contributed by atoms with Crippen molar-refractivity contribution in [1.29, 1.82) is 10.5 Å². The molecule has 1 aromatic carbocycles. The van der Waals surface area contributed by atoms with Gasteiger partial charge in [0.1, 0.15) is 18.7 Å². The van der Waals surface area contributed by atoms with Crippen molar-refractivity contribution in [3.05, 3.63) is 34.6 Å². The second kappa shape index (κ2) is 6.32. The normalized spacial score (nSPS) is 10.2. The van der Waals surface area contributed by atoms with Gasteiger partial charge in [-0.25, -0.2) is 0 Å². The Bertz CT molecular complexity index is 790. The van der Waals surface area contributed by atoms with E-state index in [4.69, 9.17) is 14.9 Å². The topological polar surface area (TPSA) is 81.0 Å². The summed E-state index contributed by atoms with van der Waals surface area (Å²) in [5.41, 5.74) is 4.86. The average molecular weight is 295 g/mol. The van der Waals surface area contributed by atoms with Crippen LogP contribution in [0.5, 0.6) is 0 Å². The van der Waals surface area contributed by atoms with Crippen LogP contribution < -0.4 is 0 Å². The number of rotatable bonds is 4. The van der Waals surface area contributed by atoms with Crippen molar-refractivity contribution < 1.29 is 9.21 Å². The molecule has 0 bridgehead atoms. The highest BCUT2D eigenvalue weighted by Gasteiger charge is 2.18. The van der Waals surface area contributed by atoms with E-state index in [1.54, 1.807) is 6.26 Å². The fourth-order valence-electron chi connectivity index (χ4n) is 2.59. The van der Waals surface area contributed by atoms with Gasteiger partial charge in [0.2, 0.25) is 5.91 Å². The maximum atomic E-state index is 12.3. The highest BCUT2D eigenvalue weighted by molar-refractivity contribution is 5.92. The van der Waals surface area contributed by atoms with Gasteiger partial charge in [-0.05, 0) is 37.5 Å². The van der Waals surface area contributed by atoms with Gasteiger partial charge in [0.05, 0.1) is 24.8 Å². The van der Waals surface area contributed by atoms with Crippen LogP contribution in [-0.4, -0.2) is 23.9 Å². The Hall–Kier alpha value is -2.79. The molecule has 112 valence electrons. The fourth-order valence-corrected chi connectivity index (χ4v) is 2.59. The van der Waals surface area contributed by atoms with Crippen molar-refractivity contribution >= 4 is 16.9 Å². The van der Waals surface area contributed by atoms with Crippen molar-refractivity contribution in [2.45, 2.75) is 27.2 Å². The van der Waals surface area contributed by atoms with Crippen LogP contribution in [0.25, 0.3) is 11.0 Å². The number of carbonyl (C=O) groups is 1. The largest absolute Gasteiger partial charge is 0.464 e. The van der Waals surface area contributed by atoms with Gasteiger partial charge in [-0.2, -0.15) is 10.5 Å². The number of nitrogens with zero attached hydrogens (tertiary/aromatic N) is 3. The van der Waals surface area contributed by atoms with Crippen LogP contribution in [0.3, 0.4) is 0 Å². The Morgan fingerprint density at radius 2 is 1.82 bits per heavy atom. The Morgan fingerprint density at radius 3 is 2.41 bits per heavy atom. The van der Waals surface area contributed by atoms with Gasteiger partial charge in [0, 0.05) is 10.9 Å². The van der Waals surface area contributed by atoms with Gasteiger partial charge >= 0.3 is 0 Å². The van der Waals surface area contributed by atoms with Crippen LogP contribution in [0.4, 0.5) is 0 Å². The third kappa shape index (κ3) is 2.80. The maximum Gasteiger partial charge on any atom is 0.228 e. The summed E-state index contributed by atoms with van der Waals surface area (Å²) in [6.07, 6.45) is 1.72. The molecule has 2 rings (SSSR count). The number of hydrogen-bond acceptors (Lipinski definition) is 4. The number of benzene rings is 1. The van der Waals surface area contributed by atoms with Gasteiger partial charge in [0.15, 0.2) is 0 Å². The summed E-state index contributed by atoms with van der Waals surface area (Å²) in [7, 11) is 0. The zero-order valence-corrected chi connectivity index (χ0v) is 12.9. The van der Waals surface area contributed by atoms with Crippen LogP contribution in [0, 0.1) is 43.4 Å². The molecule has 1 amide bonds. The van der Waals surface area contributed by atoms with Crippen LogP contribution in [-0.2, 0) is 11.2 Å². The van der Waals surface area contributed by atoms with Gasteiger partial charge in [-0.1, -0.05) is 6.07 Å². The van der Waals surface area contributed by atoms with Gasteiger partial charge in [-0.3, -0.25) is 4.79 Å². The van der Waals surface area contributed by atoms with Crippen LogP contribution in [0.1, 0.15) is 22.3 Å². The zero-order chi connectivity index (χ0) is 16.3. The Kier molecular flexibility index (Phi) is 4.48. The fraction of sp³-hybridized carbons (Fsp3) is 0.353. The monoisotopic (exact) mass is 295 g/mol. The minimum atomic E-state index is -0.247. The molecule has 0 saturated heterocycles. The molecular formula is C17H17N3O2. The molecule has 0 saturated carbocycles. The van der Waals surface area contributed by atoms with Crippen LogP contribution in [0.2, 0.25) is 0 Å². The predicted octanol–water partition coefficient (Wildman–Crippen LogP) is 2.78. The van der Waals surface area contributed by atoms with Crippen LogP contribution >= 0.6 is 0 Å². The van der Waals surface area contributed by atoms with Crippen molar-refractivity contribution in [2.75, 3.05) is 13.1 Å². The summed E-state index contributed by atoms with van der Waals surface area (Å²) >= 11 is 0. The molecule has 1 heterocycles. The van der Waals surface area contributed by atoms with E-state index in [2.05, 4.69) is 6.07 Å². The first-order valence-electron chi connectivity index (χ1n) is 6.98. The molecule has 0 aliphatic rings. The molecule has 0 aliphatic heterocycles. The highest BCUT2D eigenvalue weighted by Crippen LogP contribution is 2.30. The van der Waals surface area contributed by atoms with E-state index in [0.29, 0.717) is 0 Å². The minimum Gasteiger partial charge on any atom is -0.464 e. The van der Waals surface area contributed by atoms with Crippen LogP contribution in [0.15, 0.2) is 16.7 Å². The zero-order valence-electron chi connectivity index (χ0n) is 12.9. The Morgan fingerprint density at radius 1 is 1.18 bits per heavy atom. The van der Waals surface area contributed by atoms with Crippen molar-refractivity contribution in [3.8, 4) is 12.1 Å². The molecule has 0 radical (unpaired) electrons. The molecule has 1 aromatic heterocycles. The molecule has 0 fully saturated rings. The minimum absolute atomic E-state index is 0.0840. The highest BCUT2D eigenvalue weighted by atomic mass is 16.3. The Labute approximate surface area is 129 Å². The number of furan rings is 1. The molecule has 0 N–H and O–H groups in total. The van der Waals surface area contributed by atoms with Gasteiger partial charge < -0.3 is 9.32 Å². The molecule has 0 spiro atoms. The Balaban J connectivity index is 2.37. The van der Waals surface area contributed by atoms with E-state index in [0.717, 1.165) is 33.2 Å². The lowest BCUT2D eigenvalue weighted by Gasteiger charge is -2.15. The number of carbonyl (C=O) groups excluding carboxylic acids is 1. The third-order valence-corrected chi connectivity index (χ3v) is 3.84. The summed E-state index contributed by atoms with van der Waals surface area (Å²) < 4.78 is 5.64. The summed E-state index contributed by atoms with van der Waals surface area (Å²) in [5.74, 6) is -0.247. The summed E-state index contributed by atoms with van der Waals surface area (Å²) in [6, 6.07) is 5.89. The molecule has 5 heteroatoms. The first-order valence-corrected chi connectivity index (χ1v) is 6.98. The third-order valence-electron chi connectivity index (χ3n) is 3.84. The molecule has 22 heavy (non-hydrogen) atoms.